The molecular formula is C29H33N3O2. The fourth-order valence-electron chi connectivity index (χ4n) is 4.61. The first-order chi connectivity index (χ1) is 16.3. The zero-order valence-corrected chi connectivity index (χ0v) is 20.3. The van der Waals surface area contributed by atoms with Crippen LogP contribution in [0.5, 0.6) is 0 Å². The summed E-state index contributed by atoms with van der Waals surface area (Å²) in [4.78, 5) is 28.5. The van der Waals surface area contributed by atoms with Crippen molar-refractivity contribution < 1.29 is 9.59 Å². The quantitative estimate of drug-likeness (QED) is 0.464. The van der Waals surface area contributed by atoms with Gasteiger partial charge in [0.05, 0.1) is 6.54 Å². The first kappa shape index (κ1) is 23.6. The summed E-state index contributed by atoms with van der Waals surface area (Å²) < 4.78 is 0. The molecule has 0 aliphatic carbocycles. The van der Waals surface area contributed by atoms with Crippen LogP contribution in [-0.4, -0.2) is 18.0 Å². The second kappa shape index (κ2) is 10.1. The summed E-state index contributed by atoms with van der Waals surface area (Å²) in [5.74, 6) is 0.427. The monoisotopic (exact) mass is 455 g/mol. The Morgan fingerprint density at radius 2 is 1.50 bits per heavy atom. The number of rotatable bonds is 6. The molecule has 0 fully saturated rings. The Balaban J connectivity index is 1.58. The van der Waals surface area contributed by atoms with E-state index in [9.17, 15) is 9.59 Å². The number of benzene rings is 3. The molecule has 1 aliphatic heterocycles. The van der Waals surface area contributed by atoms with Crippen LogP contribution >= 0.6 is 0 Å². The smallest absolute Gasteiger partial charge is 0.319 e. The number of hydrogen-bond acceptors (Lipinski definition) is 2. The van der Waals surface area contributed by atoms with Crippen molar-refractivity contribution in [2.45, 2.75) is 58.5 Å². The maximum Gasteiger partial charge on any atom is 0.319 e. The highest BCUT2D eigenvalue weighted by molar-refractivity contribution is 6.03. The average Bonchev–Trinajstić information content (AvgIpc) is 2.82. The molecule has 0 aromatic heterocycles. The molecule has 0 radical (unpaired) electrons. The van der Waals surface area contributed by atoms with E-state index < -0.39 is 6.04 Å². The molecule has 0 spiro atoms. The fraction of sp³-hybridized carbons (Fsp3) is 0.310. The van der Waals surface area contributed by atoms with Gasteiger partial charge in [-0.15, -0.1) is 0 Å². The first-order valence-corrected chi connectivity index (χ1v) is 12.0. The van der Waals surface area contributed by atoms with E-state index in [1.54, 1.807) is 4.90 Å². The number of carbonyl (C=O) groups is 2. The normalized spacial score (nSPS) is 15.4. The van der Waals surface area contributed by atoms with Crippen LogP contribution in [0.2, 0.25) is 0 Å². The summed E-state index contributed by atoms with van der Waals surface area (Å²) in [7, 11) is 0. The summed E-state index contributed by atoms with van der Waals surface area (Å²) in [5, 5.41) is 6.04. The summed E-state index contributed by atoms with van der Waals surface area (Å²) in [6.45, 7) is 8.93. The number of nitrogens with zero attached hydrogens (tertiary/aromatic N) is 1. The van der Waals surface area contributed by atoms with E-state index in [0.717, 1.165) is 33.6 Å². The largest absolute Gasteiger partial charge is 0.326 e. The van der Waals surface area contributed by atoms with Gasteiger partial charge < -0.3 is 15.5 Å². The van der Waals surface area contributed by atoms with Gasteiger partial charge in [0.1, 0.15) is 6.04 Å². The molecule has 1 unspecified atom stereocenters. The van der Waals surface area contributed by atoms with Crippen LogP contribution in [-0.2, 0) is 17.8 Å². The topological polar surface area (TPSA) is 61.4 Å². The molecule has 34 heavy (non-hydrogen) atoms. The van der Waals surface area contributed by atoms with Crippen molar-refractivity contribution in [3.05, 3.63) is 95.1 Å². The fourth-order valence-corrected chi connectivity index (χ4v) is 4.61. The van der Waals surface area contributed by atoms with Crippen molar-refractivity contribution in [3.63, 3.8) is 0 Å². The van der Waals surface area contributed by atoms with E-state index in [4.69, 9.17) is 0 Å². The van der Waals surface area contributed by atoms with Crippen molar-refractivity contribution in [1.82, 2.24) is 5.32 Å². The van der Waals surface area contributed by atoms with Crippen LogP contribution in [0, 0.1) is 0 Å². The van der Waals surface area contributed by atoms with Gasteiger partial charge in [-0.25, -0.2) is 4.79 Å². The Labute approximate surface area is 202 Å². The number of urea groups is 1. The third kappa shape index (κ3) is 4.98. The van der Waals surface area contributed by atoms with E-state index in [0.29, 0.717) is 13.0 Å². The van der Waals surface area contributed by atoms with Gasteiger partial charge in [-0.2, -0.15) is 0 Å². The van der Waals surface area contributed by atoms with Gasteiger partial charge in [0.25, 0.3) is 0 Å². The van der Waals surface area contributed by atoms with Crippen molar-refractivity contribution >= 4 is 23.3 Å². The minimum atomic E-state index is -0.632. The van der Waals surface area contributed by atoms with E-state index in [2.05, 4.69) is 50.5 Å². The first-order valence-electron chi connectivity index (χ1n) is 12.0. The molecule has 2 N–H and O–H groups in total. The number of carbonyl (C=O) groups excluding carboxylic acids is 2. The molecule has 0 saturated heterocycles. The number of hydrogen-bond donors (Lipinski definition) is 2. The lowest BCUT2D eigenvalue weighted by Crippen LogP contribution is -2.53. The molecule has 4 rings (SSSR count). The number of nitrogens with one attached hydrogen (secondary N) is 2. The Morgan fingerprint density at radius 1 is 0.882 bits per heavy atom. The number of amides is 3. The Hall–Kier alpha value is -3.60. The lowest BCUT2D eigenvalue weighted by atomic mass is 9.92. The molecule has 3 amide bonds. The van der Waals surface area contributed by atoms with Gasteiger partial charge in [0.2, 0.25) is 5.91 Å². The van der Waals surface area contributed by atoms with Gasteiger partial charge in [0, 0.05) is 17.8 Å². The molecule has 3 aromatic rings. The SMILES string of the molecule is CC(C)c1cccc(C(C)C)c1NC(=O)NC1Cc2ccccc2N(Cc2ccccc2)C1=O. The molecule has 0 bridgehead atoms. The summed E-state index contributed by atoms with van der Waals surface area (Å²) in [6, 6.07) is 23.0. The lowest BCUT2D eigenvalue weighted by molar-refractivity contribution is -0.120. The van der Waals surface area contributed by atoms with Crippen molar-refractivity contribution in [1.29, 1.82) is 0 Å². The highest BCUT2D eigenvalue weighted by atomic mass is 16.2. The van der Waals surface area contributed by atoms with Crippen molar-refractivity contribution in [3.8, 4) is 0 Å². The van der Waals surface area contributed by atoms with Crippen LogP contribution in [0.1, 0.15) is 61.8 Å². The molecular weight excluding hydrogens is 422 g/mol. The van der Waals surface area contributed by atoms with Crippen molar-refractivity contribution in [2.75, 3.05) is 10.2 Å². The number of anilines is 2. The summed E-state index contributed by atoms with van der Waals surface area (Å²) in [6.07, 6.45) is 0.469. The van der Waals surface area contributed by atoms with Crippen LogP contribution in [0.25, 0.3) is 0 Å². The molecule has 0 saturated carbocycles. The highest BCUT2D eigenvalue weighted by Crippen LogP contribution is 2.33. The van der Waals surface area contributed by atoms with Crippen LogP contribution < -0.4 is 15.5 Å². The second-order valence-electron chi connectivity index (χ2n) is 9.51. The number of fused-ring (bicyclic) bond motifs is 1. The van der Waals surface area contributed by atoms with Crippen LogP contribution in [0.3, 0.4) is 0 Å². The standard InChI is InChI=1S/C29H33N3O2/c1-19(2)23-14-10-15-24(20(3)4)27(23)31-29(34)30-25-17-22-13-8-9-16-26(22)32(28(25)33)18-21-11-6-5-7-12-21/h5-16,19-20,25H,17-18H2,1-4H3,(H2,30,31,34). The predicted octanol–water partition coefficient (Wildman–Crippen LogP) is 6.21. The molecule has 5 nitrogen and oxygen atoms in total. The molecule has 1 aliphatic rings. The Kier molecular flexibility index (Phi) is 7.01. The molecule has 3 aromatic carbocycles. The zero-order chi connectivity index (χ0) is 24.2. The minimum absolute atomic E-state index is 0.0982. The van der Waals surface area contributed by atoms with Crippen LogP contribution in [0.4, 0.5) is 16.2 Å². The predicted molar refractivity (Wildman–Crippen MR) is 138 cm³/mol. The minimum Gasteiger partial charge on any atom is -0.326 e. The third-order valence-corrected chi connectivity index (χ3v) is 6.37. The molecule has 176 valence electrons. The number of para-hydroxylation sites is 2. The van der Waals surface area contributed by atoms with Gasteiger partial charge >= 0.3 is 6.03 Å². The maximum atomic E-state index is 13.5. The van der Waals surface area contributed by atoms with Gasteiger partial charge in [-0.3, -0.25) is 4.79 Å². The van der Waals surface area contributed by atoms with Gasteiger partial charge in [0.15, 0.2) is 0 Å². The molecule has 1 atom stereocenters. The lowest BCUT2D eigenvalue weighted by Gasteiger charge is -2.34. The van der Waals surface area contributed by atoms with E-state index in [-0.39, 0.29) is 23.8 Å². The van der Waals surface area contributed by atoms with Crippen LogP contribution in [0.15, 0.2) is 72.8 Å². The molecule has 1 heterocycles. The van der Waals surface area contributed by atoms with E-state index in [1.807, 2.05) is 60.7 Å². The van der Waals surface area contributed by atoms with E-state index in [1.165, 1.54) is 0 Å². The van der Waals surface area contributed by atoms with Gasteiger partial charge in [-0.1, -0.05) is 94.4 Å². The summed E-state index contributed by atoms with van der Waals surface area (Å²) >= 11 is 0. The second-order valence-corrected chi connectivity index (χ2v) is 9.51. The zero-order valence-electron chi connectivity index (χ0n) is 20.3. The molecule has 5 heteroatoms. The van der Waals surface area contributed by atoms with Gasteiger partial charge in [-0.05, 0) is 40.2 Å². The Morgan fingerprint density at radius 3 is 2.15 bits per heavy atom. The third-order valence-electron chi connectivity index (χ3n) is 6.37. The summed E-state index contributed by atoms with van der Waals surface area (Å²) in [5.41, 5.74) is 6.02. The Bertz CT molecular complexity index is 1140. The maximum absolute atomic E-state index is 13.5. The highest BCUT2D eigenvalue weighted by Gasteiger charge is 2.34. The average molecular weight is 456 g/mol. The van der Waals surface area contributed by atoms with Crippen molar-refractivity contribution in [2.24, 2.45) is 0 Å². The van der Waals surface area contributed by atoms with E-state index >= 15 is 0 Å².